The van der Waals surface area contributed by atoms with Gasteiger partial charge in [0, 0.05) is 9.75 Å². The molecule has 1 aromatic heterocycles. The highest BCUT2D eigenvalue weighted by Gasteiger charge is 2.30. The van der Waals surface area contributed by atoms with Gasteiger partial charge >= 0.3 is 0 Å². The zero-order valence-electron chi connectivity index (χ0n) is 12.8. The van der Waals surface area contributed by atoms with Gasteiger partial charge < -0.3 is 0 Å². The molecule has 0 aliphatic carbocycles. The van der Waals surface area contributed by atoms with Gasteiger partial charge in [-0.05, 0) is 30.2 Å². The number of hydrogen-bond donors (Lipinski definition) is 0. The summed E-state index contributed by atoms with van der Waals surface area (Å²) in [6.07, 6.45) is 0. The van der Waals surface area contributed by atoms with Gasteiger partial charge in [-0.15, -0.1) is 11.3 Å². The largest absolute Gasteiger partial charge is 0.227 e. The first-order chi connectivity index (χ1) is 11.1. The van der Waals surface area contributed by atoms with Crippen molar-refractivity contribution in [3.63, 3.8) is 0 Å². The van der Waals surface area contributed by atoms with Crippen LogP contribution in [0.3, 0.4) is 0 Å². The van der Waals surface area contributed by atoms with E-state index in [1.165, 1.54) is 0 Å². The Hall–Kier alpha value is -1.91. The summed E-state index contributed by atoms with van der Waals surface area (Å²) >= 11 is 1.55. The maximum Gasteiger partial charge on any atom is 0.166 e. The van der Waals surface area contributed by atoms with E-state index < -0.39 is 15.1 Å². The molecule has 1 heterocycles. The third-order valence-electron chi connectivity index (χ3n) is 3.69. The van der Waals surface area contributed by atoms with E-state index in [0.29, 0.717) is 0 Å². The van der Waals surface area contributed by atoms with Crippen molar-refractivity contribution in [2.45, 2.75) is 17.9 Å². The van der Waals surface area contributed by atoms with Gasteiger partial charge in [-0.1, -0.05) is 60.7 Å². The topological polar surface area (TPSA) is 34.1 Å². The molecule has 1 unspecified atom stereocenters. The van der Waals surface area contributed by atoms with Crippen LogP contribution in [0.2, 0.25) is 0 Å². The quantitative estimate of drug-likeness (QED) is 0.670. The zero-order valence-corrected chi connectivity index (χ0v) is 14.5. The van der Waals surface area contributed by atoms with E-state index in [1.54, 1.807) is 11.3 Å². The standard InChI is InChI=1S/C19H18O2S2/c1-15-12-13-18(22-15)19(17-10-6-3-7-11-17)23(20,21)14-16-8-4-2-5-9-16/h2-13,19H,14H2,1H3. The van der Waals surface area contributed by atoms with Crippen molar-refractivity contribution in [2.75, 3.05) is 0 Å². The highest BCUT2D eigenvalue weighted by Crippen LogP contribution is 2.36. The molecule has 0 aliphatic rings. The predicted molar refractivity (Wildman–Crippen MR) is 96.4 cm³/mol. The Bertz CT molecular complexity index is 866. The molecular formula is C19H18O2S2. The Labute approximate surface area is 141 Å². The van der Waals surface area contributed by atoms with Crippen LogP contribution < -0.4 is 0 Å². The summed E-state index contributed by atoms with van der Waals surface area (Å²) < 4.78 is 26.2. The molecule has 1 atom stereocenters. The number of sulfone groups is 1. The van der Waals surface area contributed by atoms with Crippen molar-refractivity contribution in [2.24, 2.45) is 0 Å². The fraction of sp³-hybridized carbons (Fsp3) is 0.158. The molecule has 118 valence electrons. The van der Waals surface area contributed by atoms with Crippen LogP contribution >= 0.6 is 11.3 Å². The van der Waals surface area contributed by atoms with Crippen LogP contribution in [0.15, 0.2) is 72.8 Å². The maximum absolute atomic E-state index is 13.1. The molecule has 2 nitrogen and oxygen atoms in total. The van der Waals surface area contributed by atoms with E-state index in [0.717, 1.165) is 20.9 Å². The third kappa shape index (κ3) is 3.71. The van der Waals surface area contributed by atoms with Crippen molar-refractivity contribution in [3.05, 3.63) is 93.7 Å². The van der Waals surface area contributed by atoms with Crippen molar-refractivity contribution in [1.82, 2.24) is 0 Å². The molecule has 0 amide bonds. The van der Waals surface area contributed by atoms with Gasteiger partial charge in [0.05, 0.1) is 5.75 Å². The van der Waals surface area contributed by atoms with Gasteiger partial charge in [-0.3, -0.25) is 0 Å². The summed E-state index contributed by atoms with van der Waals surface area (Å²) in [5.41, 5.74) is 1.65. The molecule has 0 aliphatic heterocycles. The SMILES string of the molecule is Cc1ccc(C(c2ccccc2)S(=O)(=O)Cc2ccccc2)s1. The normalized spacial score (nSPS) is 12.9. The summed E-state index contributed by atoms with van der Waals surface area (Å²) in [5.74, 6) is 0.0460. The molecular weight excluding hydrogens is 324 g/mol. The minimum Gasteiger partial charge on any atom is -0.227 e. The first-order valence-corrected chi connectivity index (χ1v) is 9.96. The lowest BCUT2D eigenvalue weighted by atomic mass is 10.1. The average molecular weight is 342 g/mol. The van der Waals surface area contributed by atoms with E-state index in [1.807, 2.05) is 79.7 Å². The fourth-order valence-electron chi connectivity index (χ4n) is 2.66. The second-order valence-corrected chi connectivity index (χ2v) is 8.94. The van der Waals surface area contributed by atoms with Crippen LogP contribution in [0.1, 0.15) is 26.1 Å². The van der Waals surface area contributed by atoms with Crippen LogP contribution in [0.5, 0.6) is 0 Å². The Kier molecular flexibility index (Phi) is 4.64. The van der Waals surface area contributed by atoms with Gasteiger partial charge in [0.2, 0.25) is 0 Å². The van der Waals surface area contributed by atoms with E-state index in [-0.39, 0.29) is 5.75 Å². The molecule has 0 spiro atoms. The van der Waals surface area contributed by atoms with Crippen molar-refractivity contribution < 1.29 is 8.42 Å². The molecule has 3 aromatic rings. The summed E-state index contributed by atoms with van der Waals surface area (Å²) in [7, 11) is -3.36. The number of benzene rings is 2. The second kappa shape index (κ2) is 6.69. The highest BCUT2D eigenvalue weighted by atomic mass is 32.2. The monoisotopic (exact) mass is 342 g/mol. The number of thiophene rings is 1. The molecule has 0 N–H and O–H groups in total. The van der Waals surface area contributed by atoms with Gasteiger partial charge in [-0.25, -0.2) is 8.42 Å². The van der Waals surface area contributed by atoms with E-state index in [9.17, 15) is 8.42 Å². The summed E-state index contributed by atoms with van der Waals surface area (Å²) in [6.45, 7) is 2.00. The van der Waals surface area contributed by atoms with E-state index >= 15 is 0 Å². The van der Waals surface area contributed by atoms with Crippen molar-refractivity contribution >= 4 is 21.2 Å². The summed E-state index contributed by atoms with van der Waals surface area (Å²) in [5, 5.41) is -0.609. The predicted octanol–water partition coefficient (Wildman–Crippen LogP) is 4.76. The average Bonchev–Trinajstić information content (AvgIpc) is 2.94. The molecule has 3 rings (SSSR count). The summed E-state index contributed by atoms with van der Waals surface area (Å²) in [4.78, 5) is 2.00. The van der Waals surface area contributed by atoms with Crippen molar-refractivity contribution in [1.29, 1.82) is 0 Å². The molecule has 23 heavy (non-hydrogen) atoms. The van der Waals surface area contributed by atoms with E-state index in [4.69, 9.17) is 0 Å². The van der Waals surface area contributed by atoms with Crippen molar-refractivity contribution in [3.8, 4) is 0 Å². The summed E-state index contributed by atoms with van der Waals surface area (Å²) in [6, 6.07) is 22.7. The van der Waals surface area contributed by atoms with Crippen LogP contribution in [-0.2, 0) is 15.6 Å². The lowest BCUT2D eigenvalue weighted by Crippen LogP contribution is -2.16. The van der Waals surface area contributed by atoms with Crippen LogP contribution in [-0.4, -0.2) is 8.42 Å². The Morgan fingerprint density at radius 3 is 2.04 bits per heavy atom. The van der Waals surface area contributed by atoms with Crippen LogP contribution in [0.25, 0.3) is 0 Å². The van der Waals surface area contributed by atoms with Crippen LogP contribution in [0, 0.1) is 6.92 Å². The highest BCUT2D eigenvalue weighted by molar-refractivity contribution is 7.91. The Balaban J connectivity index is 2.04. The fourth-order valence-corrected chi connectivity index (χ4v) is 5.96. The minimum atomic E-state index is -3.36. The smallest absolute Gasteiger partial charge is 0.166 e. The number of aryl methyl sites for hydroxylation is 1. The van der Waals surface area contributed by atoms with Crippen LogP contribution in [0.4, 0.5) is 0 Å². The molecule has 0 radical (unpaired) electrons. The van der Waals surface area contributed by atoms with Gasteiger partial charge in [0.25, 0.3) is 0 Å². The zero-order chi connectivity index (χ0) is 16.3. The van der Waals surface area contributed by atoms with E-state index in [2.05, 4.69) is 0 Å². The minimum absolute atomic E-state index is 0.0460. The van der Waals surface area contributed by atoms with Gasteiger partial charge in [-0.2, -0.15) is 0 Å². The lowest BCUT2D eigenvalue weighted by Gasteiger charge is -2.17. The molecule has 0 fully saturated rings. The molecule has 0 saturated heterocycles. The first kappa shape index (κ1) is 16.0. The third-order valence-corrected chi connectivity index (χ3v) is 6.89. The molecule has 0 saturated carbocycles. The second-order valence-electron chi connectivity index (χ2n) is 5.53. The lowest BCUT2D eigenvalue weighted by molar-refractivity contribution is 0.589. The number of hydrogen-bond acceptors (Lipinski definition) is 3. The Morgan fingerprint density at radius 2 is 1.48 bits per heavy atom. The molecule has 0 bridgehead atoms. The maximum atomic E-state index is 13.1. The molecule has 2 aromatic carbocycles. The molecule has 4 heteroatoms. The number of rotatable bonds is 5. The first-order valence-electron chi connectivity index (χ1n) is 7.43. The van der Waals surface area contributed by atoms with Gasteiger partial charge in [0.1, 0.15) is 5.25 Å². The Morgan fingerprint density at radius 1 is 0.870 bits per heavy atom. The van der Waals surface area contributed by atoms with Gasteiger partial charge in [0.15, 0.2) is 9.84 Å².